The average Bonchev–Trinajstić information content (AvgIpc) is 3.69. The summed E-state index contributed by atoms with van der Waals surface area (Å²) in [7, 11) is 0. The van der Waals surface area contributed by atoms with Crippen molar-refractivity contribution in [1.82, 2.24) is 15.0 Å². The van der Waals surface area contributed by atoms with Gasteiger partial charge in [-0.1, -0.05) is 176 Å². The van der Waals surface area contributed by atoms with Gasteiger partial charge in [0.05, 0.1) is 6.57 Å². The predicted molar refractivity (Wildman–Crippen MR) is 231 cm³/mol. The second-order valence-electron chi connectivity index (χ2n) is 13.9. The summed E-state index contributed by atoms with van der Waals surface area (Å²) in [5, 5.41) is 2.05. The standard InChI is InChI=1S/C52H32N4O/c1-53-42-28-26-37(27-29-42)44-31-30-43(47-46-33-41(34-14-6-2-7-15-34)32-45(48(46)57-49(44)47)35-16-8-3-9-17-35)36-22-24-40(25-23-36)52-55-50(38-18-10-4-11-19-38)54-51(56-52)39-20-12-5-13-21-39/h2-33H. The van der Waals surface area contributed by atoms with Crippen LogP contribution < -0.4 is 0 Å². The summed E-state index contributed by atoms with van der Waals surface area (Å²) >= 11 is 0. The molecule has 5 heteroatoms. The van der Waals surface area contributed by atoms with Crippen LogP contribution in [0.1, 0.15) is 0 Å². The van der Waals surface area contributed by atoms with Crippen molar-refractivity contribution in [2.45, 2.75) is 0 Å². The molecule has 0 amide bonds. The van der Waals surface area contributed by atoms with Crippen LogP contribution in [0.25, 0.3) is 105 Å². The number of furan rings is 1. The minimum atomic E-state index is 0.597. The zero-order chi connectivity index (χ0) is 38.1. The van der Waals surface area contributed by atoms with Crippen LogP contribution in [0.15, 0.2) is 199 Å². The molecule has 5 nitrogen and oxygen atoms in total. The van der Waals surface area contributed by atoms with E-state index in [1.165, 1.54) is 0 Å². The summed E-state index contributed by atoms with van der Waals surface area (Å²) in [5.41, 5.74) is 13.3. The quantitative estimate of drug-likeness (QED) is 0.153. The molecule has 0 aliphatic heterocycles. The van der Waals surface area contributed by atoms with Crippen LogP contribution in [0.3, 0.4) is 0 Å². The fraction of sp³-hybridized carbons (Fsp3) is 0. The summed E-state index contributed by atoms with van der Waals surface area (Å²) in [4.78, 5) is 18.4. The highest BCUT2D eigenvalue weighted by Crippen LogP contribution is 2.46. The number of aromatic nitrogens is 3. The highest BCUT2D eigenvalue weighted by molar-refractivity contribution is 6.19. The Morgan fingerprint density at radius 1 is 0.351 bits per heavy atom. The molecule has 2 aromatic heterocycles. The first-order valence-electron chi connectivity index (χ1n) is 18.8. The van der Waals surface area contributed by atoms with Gasteiger partial charge in [-0.15, -0.1) is 0 Å². The number of benzene rings is 8. The van der Waals surface area contributed by atoms with Crippen molar-refractivity contribution in [3.8, 4) is 78.7 Å². The molecule has 0 aliphatic rings. The zero-order valence-electron chi connectivity index (χ0n) is 30.7. The Kier molecular flexibility index (Phi) is 8.48. The lowest BCUT2D eigenvalue weighted by molar-refractivity contribution is 0.671. The SMILES string of the molecule is [C-]#[N+]c1ccc(-c2ccc(-c3ccc(-c4nc(-c5ccccc5)nc(-c5ccccc5)n4)cc3)c3c2oc2c(-c4ccccc4)cc(-c4ccccc4)cc23)cc1. The van der Waals surface area contributed by atoms with Gasteiger partial charge in [0.15, 0.2) is 23.2 Å². The summed E-state index contributed by atoms with van der Waals surface area (Å²) in [5.74, 6) is 1.85. The van der Waals surface area contributed by atoms with E-state index in [0.717, 1.165) is 83.1 Å². The molecule has 0 unspecified atom stereocenters. The van der Waals surface area contributed by atoms with Gasteiger partial charge in [-0.25, -0.2) is 19.8 Å². The Morgan fingerprint density at radius 2 is 0.772 bits per heavy atom. The molecule has 0 N–H and O–H groups in total. The number of hydrogen-bond donors (Lipinski definition) is 0. The second-order valence-corrected chi connectivity index (χ2v) is 13.9. The Labute approximate surface area is 330 Å². The van der Waals surface area contributed by atoms with Gasteiger partial charge in [0, 0.05) is 38.6 Å². The van der Waals surface area contributed by atoms with Crippen LogP contribution >= 0.6 is 0 Å². The fourth-order valence-corrected chi connectivity index (χ4v) is 7.53. The van der Waals surface area contributed by atoms with E-state index < -0.39 is 0 Å². The molecule has 57 heavy (non-hydrogen) atoms. The average molecular weight is 729 g/mol. The molecule has 0 fully saturated rings. The lowest BCUT2D eigenvalue weighted by Crippen LogP contribution is -2.00. The second kappa shape index (κ2) is 14.4. The van der Waals surface area contributed by atoms with E-state index in [1.807, 2.05) is 97.1 Å². The molecule has 0 spiro atoms. The maximum absolute atomic E-state index is 7.51. The van der Waals surface area contributed by atoms with E-state index in [4.69, 9.17) is 25.9 Å². The van der Waals surface area contributed by atoms with E-state index in [0.29, 0.717) is 23.2 Å². The monoisotopic (exact) mass is 728 g/mol. The smallest absolute Gasteiger partial charge is 0.187 e. The van der Waals surface area contributed by atoms with Crippen LogP contribution in [-0.2, 0) is 0 Å². The summed E-state index contributed by atoms with van der Waals surface area (Å²) in [6, 6.07) is 65.9. The molecule has 10 aromatic rings. The molecule has 0 atom stereocenters. The Morgan fingerprint density at radius 3 is 1.32 bits per heavy atom. The van der Waals surface area contributed by atoms with E-state index in [9.17, 15) is 0 Å². The van der Waals surface area contributed by atoms with Crippen molar-refractivity contribution in [2.24, 2.45) is 0 Å². The lowest BCUT2D eigenvalue weighted by atomic mass is 9.91. The van der Waals surface area contributed by atoms with E-state index in [2.05, 4.69) is 102 Å². The third-order valence-corrected chi connectivity index (χ3v) is 10.4. The first-order chi connectivity index (χ1) is 28.2. The summed E-state index contributed by atoms with van der Waals surface area (Å²) in [6.07, 6.45) is 0. The normalized spacial score (nSPS) is 11.1. The molecule has 0 radical (unpaired) electrons. The van der Waals surface area contributed by atoms with Crippen molar-refractivity contribution in [3.05, 3.63) is 206 Å². The summed E-state index contributed by atoms with van der Waals surface area (Å²) < 4.78 is 7.05. The number of rotatable bonds is 7. The third kappa shape index (κ3) is 6.32. The van der Waals surface area contributed by atoms with Gasteiger partial charge >= 0.3 is 0 Å². The van der Waals surface area contributed by atoms with Crippen LogP contribution in [0.2, 0.25) is 0 Å². The maximum atomic E-state index is 7.51. The Bertz CT molecular complexity index is 3020. The molecule has 0 aliphatic carbocycles. The molecular formula is C52H32N4O. The zero-order valence-corrected chi connectivity index (χ0v) is 30.7. The topological polar surface area (TPSA) is 56.2 Å². The predicted octanol–water partition coefficient (Wildman–Crippen LogP) is 14.0. The van der Waals surface area contributed by atoms with Crippen molar-refractivity contribution in [2.75, 3.05) is 0 Å². The Hall–Kier alpha value is -7.94. The minimum Gasteiger partial charge on any atom is -0.455 e. The van der Waals surface area contributed by atoms with Gasteiger partial charge in [-0.2, -0.15) is 0 Å². The molecule has 10 rings (SSSR count). The van der Waals surface area contributed by atoms with Crippen LogP contribution in [0.5, 0.6) is 0 Å². The van der Waals surface area contributed by atoms with Gasteiger partial charge in [0.2, 0.25) is 0 Å². The van der Waals surface area contributed by atoms with E-state index >= 15 is 0 Å². The van der Waals surface area contributed by atoms with Crippen molar-refractivity contribution in [3.63, 3.8) is 0 Å². The van der Waals surface area contributed by atoms with Gasteiger partial charge < -0.3 is 4.42 Å². The minimum absolute atomic E-state index is 0.597. The highest BCUT2D eigenvalue weighted by atomic mass is 16.3. The maximum Gasteiger partial charge on any atom is 0.187 e. The lowest BCUT2D eigenvalue weighted by Gasteiger charge is -2.11. The fourth-order valence-electron chi connectivity index (χ4n) is 7.53. The number of nitrogens with zero attached hydrogens (tertiary/aromatic N) is 4. The molecule has 8 aromatic carbocycles. The number of fused-ring (bicyclic) bond motifs is 3. The third-order valence-electron chi connectivity index (χ3n) is 10.4. The van der Waals surface area contributed by atoms with Crippen LogP contribution in [0, 0.1) is 6.57 Å². The largest absolute Gasteiger partial charge is 0.455 e. The Balaban J connectivity index is 1.18. The molecule has 0 saturated heterocycles. The number of hydrogen-bond acceptors (Lipinski definition) is 4. The molecule has 266 valence electrons. The van der Waals surface area contributed by atoms with Crippen molar-refractivity contribution >= 4 is 27.6 Å². The molecule has 0 bridgehead atoms. The van der Waals surface area contributed by atoms with Crippen molar-refractivity contribution < 1.29 is 4.42 Å². The molecule has 0 saturated carbocycles. The molecule has 2 heterocycles. The first-order valence-corrected chi connectivity index (χ1v) is 18.8. The van der Waals surface area contributed by atoms with Crippen LogP contribution in [0.4, 0.5) is 5.69 Å². The van der Waals surface area contributed by atoms with Gasteiger partial charge in [0.25, 0.3) is 0 Å². The summed E-state index contributed by atoms with van der Waals surface area (Å²) in [6.45, 7) is 7.51. The first kappa shape index (κ1) is 33.6. The molecular weight excluding hydrogens is 697 g/mol. The highest BCUT2D eigenvalue weighted by Gasteiger charge is 2.22. The van der Waals surface area contributed by atoms with Gasteiger partial charge in [0.1, 0.15) is 11.2 Å². The van der Waals surface area contributed by atoms with Gasteiger partial charge in [-0.3, -0.25) is 0 Å². The van der Waals surface area contributed by atoms with Gasteiger partial charge in [-0.05, 0) is 51.6 Å². The van der Waals surface area contributed by atoms with Crippen LogP contribution in [-0.4, -0.2) is 15.0 Å². The van der Waals surface area contributed by atoms with Crippen molar-refractivity contribution in [1.29, 1.82) is 0 Å². The van der Waals surface area contributed by atoms with E-state index in [-0.39, 0.29) is 0 Å². The van der Waals surface area contributed by atoms with E-state index in [1.54, 1.807) is 0 Å².